The third kappa shape index (κ3) is 4.20. The maximum absolute atomic E-state index is 9.41. The van der Waals surface area contributed by atoms with Crippen molar-refractivity contribution < 1.29 is 19.3 Å². The topological polar surface area (TPSA) is 47.9 Å². The van der Waals surface area contributed by atoms with Crippen LogP contribution >= 0.6 is 0 Å². The zero-order valence-corrected chi connectivity index (χ0v) is 11.8. The van der Waals surface area contributed by atoms with E-state index in [2.05, 4.69) is 0 Å². The van der Waals surface area contributed by atoms with Crippen LogP contribution < -0.4 is 4.74 Å². The molecule has 19 heavy (non-hydrogen) atoms. The molecule has 4 heteroatoms. The maximum atomic E-state index is 9.41. The highest BCUT2D eigenvalue weighted by molar-refractivity contribution is 5.28. The van der Waals surface area contributed by atoms with Gasteiger partial charge in [-0.1, -0.05) is 12.1 Å². The fourth-order valence-corrected chi connectivity index (χ4v) is 2.06. The first kappa shape index (κ1) is 14.3. The Bertz CT molecular complexity index is 397. The van der Waals surface area contributed by atoms with Crippen molar-refractivity contribution in [3.8, 4) is 5.75 Å². The lowest BCUT2D eigenvalue weighted by Gasteiger charge is -2.17. The van der Waals surface area contributed by atoms with Crippen LogP contribution in [-0.4, -0.2) is 30.2 Å². The van der Waals surface area contributed by atoms with Gasteiger partial charge in [0.1, 0.15) is 5.75 Å². The van der Waals surface area contributed by atoms with Gasteiger partial charge in [-0.2, -0.15) is 0 Å². The van der Waals surface area contributed by atoms with Gasteiger partial charge in [-0.05, 0) is 38.5 Å². The lowest BCUT2D eigenvalue weighted by atomic mass is 10.1. The summed E-state index contributed by atoms with van der Waals surface area (Å²) < 4.78 is 16.8. The molecule has 1 aliphatic heterocycles. The third-order valence-electron chi connectivity index (χ3n) is 3.14. The van der Waals surface area contributed by atoms with Crippen LogP contribution in [0.5, 0.6) is 5.75 Å². The second-order valence-corrected chi connectivity index (χ2v) is 5.33. The predicted molar refractivity (Wildman–Crippen MR) is 72.1 cm³/mol. The molecular formula is C15H22O4. The van der Waals surface area contributed by atoms with Crippen molar-refractivity contribution in [1.29, 1.82) is 0 Å². The Morgan fingerprint density at radius 2 is 2.05 bits per heavy atom. The molecule has 1 aromatic carbocycles. The molecule has 0 aromatic heterocycles. The van der Waals surface area contributed by atoms with Crippen molar-refractivity contribution in [3.63, 3.8) is 0 Å². The average molecular weight is 266 g/mol. The molecular weight excluding hydrogens is 244 g/mol. The van der Waals surface area contributed by atoms with Crippen LogP contribution in [0.4, 0.5) is 0 Å². The van der Waals surface area contributed by atoms with E-state index in [4.69, 9.17) is 14.2 Å². The quantitative estimate of drug-likeness (QED) is 0.890. The summed E-state index contributed by atoms with van der Waals surface area (Å²) in [7, 11) is 0. The van der Waals surface area contributed by atoms with E-state index >= 15 is 0 Å². The summed E-state index contributed by atoms with van der Waals surface area (Å²) in [5.74, 6) is 0.339. The van der Waals surface area contributed by atoms with Crippen molar-refractivity contribution in [3.05, 3.63) is 29.8 Å². The molecule has 1 aliphatic rings. The van der Waals surface area contributed by atoms with Gasteiger partial charge in [0.25, 0.3) is 0 Å². The van der Waals surface area contributed by atoms with Crippen LogP contribution in [0.15, 0.2) is 24.3 Å². The zero-order valence-electron chi connectivity index (χ0n) is 11.8. The van der Waals surface area contributed by atoms with E-state index < -0.39 is 11.9 Å². The Kier molecular flexibility index (Phi) is 4.45. The van der Waals surface area contributed by atoms with E-state index in [1.54, 1.807) is 6.92 Å². The van der Waals surface area contributed by atoms with E-state index in [0.717, 1.165) is 17.7 Å². The molecule has 0 bridgehead atoms. The van der Waals surface area contributed by atoms with E-state index in [0.29, 0.717) is 13.2 Å². The average Bonchev–Trinajstić information content (AvgIpc) is 2.69. The molecule has 2 atom stereocenters. The van der Waals surface area contributed by atoms with Crippen LogP contribution in [0.1, 0.15) is 38.9 Å². The molecule has 0 aliphatic carbocycles. The Labute approximate surface area is 114 Å². The lowest BCUT2D eigenvalue weighted by molar-refractivity contribution is -0.139. The summed E-state index contributed by atoms with van der Waals surface area (Å²) in [5.41, 5.74) is 0.890. The monoisotopic (exact) mass is 266 g/mol. The molecule has 0 saturated carbocycles. The second kappa shape index (κ2) is 5.90. The predicted octanol–water partition coefficient (Wildman–Crippen LogP) is 2.66. The molecule has 2 rings (SSSR count). The molecule has 4 nitrogen and oxygen atoms in total. The highest BCUT2D eigenvalue weighted by Gasteiger charge is 2.32. The standard InChI is InChI=1S/C15H22O4/c1-11(16)12-4-6-13(7-5-12)17-9-8-14-10-18-15(2,3)19-14/h4-7,11,14,16H,8-10H2,1-3H3/t11-,14?/m0/s1. The van der Waals surface area contributed by atoms with Crippen molar-refractivity contribution in [1.82, 2.24) is 0 Å². The molecule has 1 aromatic rings. The summed E-state index contributed by atoms with van der Waals surface area (Å²) in [6.45, 7) is 6.80. The van der Waals surface area contributed by atoms with E-state index in [1.807, 2.05) is 38.1 Å². The molecule has 1 unspecified atom stereocenters. The number of rotatable bonds is 5. The minimum atomic E-state index is -0.469. The van der Waals surface area contributed by atoms with Crippen molar-refractivity contribution in [2.45, 2.75) is 45.2 Å². The summed E-state index contributed by atoms with van der Waals surface area (Å²) in [6.07, 6.45) is 0.466. The molecule has 1 N–H and O–H groups in total. The first-order chi connectivity index (χ1) is 8.96. The van der Waals surface area contributed by atoms with Crippen LogP contribution in [0.2, 0.25) is 0 Å². The van der Waals surface area contributed by atoms with E-state index in [9.17, 15) is 5.11 Å². The fraction of sp³-hybridized carbons (Fsp3) is 0.600. The summed E-state index contributed by atoms with van der Waals surface area (Å²) in [5, 5.41) is 9.41. The van der Waals surface area contributed by atoms with Gasteiger partial charge in [0, 0.05) is 6.42 Å². The summed E-state index contributed by atoms with van der Waals surface area (Å²) >= 11 is 0. The van der Waals surface area contributed by atoms with Crippen molar-refractivity contribution in [2.75, 3.05) is 13.2 Å². The number of hydrogen-bond acceptors (Lipinski definition) is 4. The molecule has 1 fully saturated rings. The first-order valence-corrected chi connectivity index (χ1v) is 6.69. The van der Waals surface area contributed by atoms with Gasteiger partial charge in [-0.25, -0.2) is 0 Å². The first-order valence-electron chi connectivity index (χ1n) is 6.69. The van der Waals surface area contributed by atoms with Gasteiger partial charge >= 0.3 is 0 Å². The highest BCUT2D eigenvalue weighted by Crippen LogP contribution is 2.24. The number of aliphatic hydroxyl groups is 1. The van der Waals surface area contributed by atoms with Gasteiger partial charge in [0.05, 0.1) is 25.4 Å². The summed E-state index contributed by atoms with van der Waals surface area (Å²) in [4.78, 5) is 0. The third-order valence-corrected chi connectivity index (χ3v) is 3.14. The van der Waals surface area contributed by atoms with Gasteiger partial charge in [-0.15, -0.1) is 0 Å². The molecule has 0 radical (unpaired) electrons. The van der Waals surface area contributed by atoms with Gasteiger partial charge < -0.3 is 19.3 Å². The number of ether oxygens (including phenoxy) is 3. The molecule has 1 heterocycles. The maximum Gasteiger partial charge on any atom is 0.163 e. The zero-order chi connectivity index (χ0) is 13.9. The minimum Gasteiger partial charge on any atom is -0.493 e. The van der Waals surface area contributed by atoms with Crippen molar-refractivity contribution >= 4 is 0 Å². The molecule has 0 spiro atoms. The molecule has 106 valence electrons. The Balaban J connectivity index is 1.74. The summed E-state index contributed by atoms with van der Waals surface area (Å²) in [6, 6.07) is 7.49. The Morgan fingerprint density at radius 3 is 2.58 bits per heavy atom. The van der Waals surface area contributed by atoms with E-state index in [-0.39, 0.29) is 6.10 Å². The highest BCUT2D eigenvalue weighted by atomic mass is 16.7. The van der Waals surface area contributed by atoms with Crippen LogP contribution in [0, 0.1) is 0 Å². The van der Waals surface area contributed by atoms with Crippen molar-refractivity contribution in [2.24, 2.45) is 0 Å². The van der Waals surface area contributed by atoms with Crippen LogP contribution in [0.25, 0.3) is 0 Å². The fourth-order valence-electron chi connectivity index (χ4n) is 2.06. The van der Waals surface area contributed by atoms with Gasteiger partial charge in [-0.3, -0.25) is 0 Å². The Hall–Kier alpha value is -1.10. The molecule has 0 amide bonds. The van der Waals surface area contributed by atoms with E-state index in [1.165, 1.54) is 0 Å². The largest absolute Gasteiger partial charge is 0.493 e. The number of hydrogen-bond donors (Lipinski definition) is 1. The van der Waals surface area contributed by atoms with Gasteiger partial charge in [0.2, 0.25) is 0 Å². The smallest absolute Gasteiger partial charge is 0.163 e. The SMILES string of the molecule is C[C@H](O)c1ccc(OCCC2COC(C)(C)O2)cc1. The Morgan fingerprint density at radius 1 is 1.37 bits per heavy atom. The van der Waals surface area contributed by atoms with Crippen LogP contribution in [0.3, 0.4) is 0 Å². The second-order valence-electron chi connectivity index (χ2n) is 5.33. The number of aliphatic hydroxyl groups excluding tert-OH is 1. The minimum absolute atomic E-state index is 0.103. The lowest BCUT2D eigenvalue weighted by Crippen LogP contribution is -2.22. The van der Waals surface area contributed by atoms with Crippen LogP contribution in [-0.2, 0) is 9.47 Å². The molecule has 1 saturated heterocycles. The normalized spacial score (nSPS) is 23.3. The van der Waals surface area contributed by atoms with Gasteiger partial charge in [0.15, 0.2) is 5.79 Å². The number of benzene rings is 1.